The van der Waals surface area contributed by atoms with Gasteiger partial charge in [-0.2, -0.15) is 11.8 Å². The normalized spacial score (nSPS) is 10.1. The Morgan fingerprint density at radius 1 is 1.39 bits per heavy atom. The molecule has 1 aromatic rings. The number of rotatable bonds is 8. The molecule has 18 heavy (non-hydrogen) atoms. The molecule has 1 rings (SSSR count). The second-order valence-electron chi connectivity index (χ2n) is 3.88. The average molecular weight is 268 g/mol. The minimum atomic E-state index is -0.109. The number of nitrogens with one attached hydrogen (secondary N) is 1. The van der Waals surface area contributed by atoms with Crippen LogP contribution in [0.1, 0.15) is 12.8 Å². The molecule has 0 aromatic heterocycles. The molecule has 0 atom stereocenters. The van der Waals surface area contributed by atoms with E-state index in [2.05, 4.69) is 11.6 Å². The van der Waals surface area contributed by atoms with Crippen LogP contribution in [-0.4, -0.2) is 31.1 Å². The number of nitrogen functional groups attached to an aromatic ring is 1. The Morgan fingerprint density at radius 2 is 2.17 bits per heavy atom. The van der Waals surface area contributed by atoms with E-state index in [1.165, 1.54) is 0 Å². The Morgan fingerprint density at radius 3 is 2.89 bits per heavy atom. The molecule has 0 saturated carbocycles. The van der Waals surface area contributed by atoms with Crippen LogP contribution in [0.3, 0.4) is 0 Å². The average Bonchev–Trinajstić information content (AvgIpc) is 2.37. The van der Waals surface area contributed by atoms with Crippen molar-refractivity contribution in [2.24, 2.45) is 0 Å². The highest BCUT2D eigenvalue weighted by Gasteiger charge is 2.03. The Hall–Kier alpha value is -1.36. The van der Waals surface area contributed by atoms with Crippen molar-refractivity contribution in [3.63, 3.8) is 0 Å². The number of benzene rings is 1. The predicted molar refractivity (Wildman–Crippen MR) is 77.0 cm³/mol. The summed E-state index contributed by atoms with van der Waals surface area (Å²) in [5.74, 6) is 1.57. The van der Waals surface area contributed by atoms with E-state index in [0.29, 0.717) is 18.0 Å². The molecule has 0 fully saturated rings. The Bertz CT molecular complexity index is 372. The van der Waals surface area contributed by atoms with E-state index in [4.69, 9.17) is 10.5 Å². The summed E-state index contributed by atoms with van der Waals surface area (Å²) in [6.45, 7) is 0.712. The number of nitrogens with two attached hydrogens (primary N) is 1. The van der Waals surface area contributed by atoms with Gasteiger partial charge in [-0.25, -0.2) is 0 Å². The lowest BCUT2D eigenvalue weighted by atomic mass is 10.3. The molecule has 0 radical (unpaired) electrons. The van der Waals surface area contributed by atoms with Gasteiger partial charge in [-0.05, 0) is 37.0 Å². The first-order valence-electron chi connectivity index (χ1n) is 5.97. The van der Waals surface area contributed by atoms with E-state index in [9.17, 15) is 4.79 Å². The van der Waals surface area contributed by atoms with Gasteiger partial charge in [0.15, 0.2) is 6.61 Å². The van der Waals surface area contributed by atoms with E-state index < -0.39 is 0 Å². The topological polar surface area (TPSA) is 64.3 Å². The van der Waals surface area contributed by atoms with Gasteiger partial charge >= 0.3 is 0 Å². The number of carbonyl (C=O) groups excluding carboxylic acids is 1. The molecule has 0 aliphatic rings. The highest BCUT2D eigenvalue weighted by molar-refractivity contribution is 7.98. The molecule has 0 aliphatic carbocycles. The van der Waals surface area contributed by atoms with Crippen LogP contribution in [0, 0.1) is 0 Å². The first kappa shape index (κ1) is 14.7. The lowest BCUT2D eigenvalue weighted by Crippen LogP contribution is -2.29. The van der Waals surface area contributed by atoms with Gasteiger partial charge in [-0.3, -0.25) is 4.79 Å². The van der Waals surface area contributed by atoms with Crippen LogP contribution in [0.25, 0.3) is 0 Å². The zero-order valence-electron chi connectivity index (χ0n) is 10.6. The van der Waals surface area contributed by atoms with Crippen molar-refractivity contribution in [1.29, 1.82) is 0 Å². The van der Waals surface area contributed by atoms with E-state index in [1.54, 1.807) is 12.1 Å². The quantitative estimate of drug-likeness (QED) is 0.558. The first-order chi connectivity index (χ1) is 8.74. The summed E-state index contributed by atoms with van der Waals surface area (Å²) >= 11 is 1.82. The van der Waals surface area contributed by atoms with Crippen LogP contribution in [0.4, 0.5) is 5.69 Å². The van der Waals surface area contributed by atoms with Crippen molar-refractivity contribution in [3.05, 3.63) is 24.3 Å². The van der Waals surface area contributed by atoms with E-state index in [-0.39, 0.29) is 12.5 Å². The third kappa shape index (κ3) is 5.82. The zero-order chi connectivity index (χ0) is 13.2. The van der Waals surface area contributed by atoms with Crippen LogP contribution in [0.15, 0.2) is 24.3 Å². The fraction of sp³-hybridized carbons (Fsp3) is 0.462. The molecule has 1 amide bonds. The van der Waals surface area contributed by atoms with Crippen molar-refractivity contribution in [2.75, 3.05) is 30.9 Å². The van der Waals surface area contributed by atoms with Crippen LogP contribution in [-0.2, 0) is 4.79 Å². The molecular formula is C13H20N2O2S. The van der Waals surface area contributed by atoms with E-state index in [0.717, 1.165) is 18.6 Å². The van der Waals surface area contributed by atoms with Gasteiger partial charge in [0.05, 0.1) is 5.69 Å². The molecule has 0 saturated heterocycles. The second kappa shape index (κ2) is 8.69. The largest absolute Gasteiger partial charge is 0.482 e. The molecule has 0 aliphatic heterocycles. The fourth-order valence-corrected chi connectivity index (χ4v) is 1.90. The summed E-state index contributed by atoms with van der Waals surface area (Å²) in [5.41, 5.74) is 6.25. The molecule has 1 aromatic carbocycles. The van der Waals surface area contributed by atoms with Crippen molar-refractivity contribution >= 4 is 23.4 Å². The first-order valence-corrected chi connectivity index (χ1v) is 7.36. The highest BCUT2D eigenvalue weighted by atomic mass is 32.2. The van der Waals surface area contributed by atoms with Gasteiger partial charge in [0, 0.05) is 6.54 Å². The summed E-state index contributed by atoms with van der Waals surface area (Å²) in [6.07, 6.45) is 4.20. The number of amides is 1. The molecule has 100 valence electrons. The zero-order valence-corrected chi connectivity index (χ0v) is 11.5. The van der Waals surface area contributed by atoms with Crippen molar-refractivity contribution in [1.82, 2.24) is 5.32 Å². The van der Waals surface area contributed by atoms with Crippen molar-refractivity contribution in [2.45, 2.75) is 12.8 Å². The maximum Gasteiger partial charge on any atom is 0.257 e. The number of hydrogen-bond donors (Lipinski definition) is 2. The lowest BCUT2D eigenvalue weighted by molar-refractivity contribution is -0.123. The number of thioether (sulfide) groups is 1. The summed E-state index contributed by atoms with van der Waals surface area (Å²) in [7, 11) is 0. The Labute approximate surface area is 112 Å². The lowest BCUT2D eigenvalue weighted by Gasteiger charge is -2.08. The maximum atomic E-state index is 11.5. The van der Waals surface area contributed by atoms with Crippen LogP contribution in [0.5, 0.6) is 5.75 Å². The maximum absolute atomic E-state index is 11.5. The molecule has 0 spiro atoms. The van der Waals surface area contributed by atoms with Crippen LogP contribution >= 0.6 is 11.8 Å². The molecule has 5 heteroatoms. The number of para-hydroxylation sites is 2. The monoisotopic (exact) mass is 268 g/mol. The third-order valence-corrected chi connectivity index (χ3v) is 3.07. The minimum absolute atomic E-state index is 0.0107. The molecule has 3 N–H and O–H groups in total. The predicted octanol–water partition coefficient (Wildman–Crippen LogP) is 1.91. The minimum Gasteiger partial charge on any atom is -0.482 e. The second-order valence-corrected chi connectivity index (χ2v) is 4.86. The molecule has 0 unspecified atom stereocenters. The molecule has 0 bridgehead atoms. The number of anilines is 1. The standard InChI is InChI=1S/C13H20N2O2S/c1-18-9-5-4-8-15-13(16)10-17-12-7-3-2-6-11(12)14/h2-3,6-7H,4-5,8-10,14H2,1H3,(H,15,16). The van der Waals surface area contributed by atoms with Crippen molar-refractivity contribution in [3.8, 4) is 5.75 Å². The fourth-order valence-electron chi connectivity index (χ4n) is 1.41. The Kier molecular flexibility index (Phi) is 7.10. The van der Waals surface area contributed by atoms with Crippen molar-refractivity contribution < 1.29 is 9.53 Å². The third-order valence-electron chi connectivity index (χ3n) is 2.38. The van der Waals surface area contributed by atoms with Gasteiger partial charge in [0.1, 0.15) is 5.75 Å². The molecular weight excluding hydrogens is 248 g/mol. The SMILES string of the molecule is CSCCCCNC(=O)COc1ccccc1N. The van der Waals surface area contributed by atoms with Gasteiger partial charge in [-0.15, -0.1) is 0 Å². The summed E-state index contributed by atoms with van der Waals surface area (Å²) in [6, 6.07) is 7.15. The summed E-state index contributed by atoms with van der Waals surface area (Å²) in [5, 5.41) is 2.82. The van der Waals surface area contributed by atoms with Gasteiger partial charge in [0.2, 0.25) is 0 Å². The number of hydrogen-bond acceptors (Lipinski definition) is 4. The number of ether oxygens (including phenoxy) is 1. The molecule has 0 heterocycles. The van der Waals surface area contributed by atoms with Crippen LogP contribution in [0.2, 0.25) is 0 Å². The Balaban J connectivity index is 2.15. The van der Waals surface area contributed by atoms with Gasteiger partial charge in [0.25, 0.3) is 5.91 Å². The van der Waals surface area contributed by atoms with Gasteiger partial charge in [-0.1, -0.05) is 12.1 Å². The highest BCUT2D eigenvalue weighted by Crippen LogP contribution is 2.19. The number of carbonyl (C=O) groups is 1. The summed E-state index contributed by atoms with van der Waals surface area (Å²) in [4.78, 5) is 11.5. The van der Waals surface area contributed by atoms with E-state index >= 15 is 0 Å². The summed E-state index contributed by atoms with van der Waals surface area (Å²) < 4.78 is 5.34. The van der Waals surface area contributed by atoms with E-state index in [1.807, 2.05) is 23.9 Å². The van der Waals surface area contributed by atoms with Crippen LogP contribution < -0.4 is 15.8 Å². The number of unbranched alkanes of at least 4 members (excludes halogenated alkanes) is 1. The van der Waals surface area contributed by atoms with Gasteiger partial charge < -0.3 is 15.8 Å². The molecule has 4 nitrogen and oxygen atoms in total. The smallest absolute Gasteiger partial charge is 0.257 e.